The zero-order chi connectivity index (χ0) is 19.5. The van der Waals surface area contributed by atoms with Crippen LogP contribution in [0.1, 0.15) is 49.7 Å². The van der Waals surface area contributed by atoms with Crippen LogP contribution in [0.2, 0.25) is 0 Å². The number of carbonyl (C=O) groups excluding carboxylic acids is 1. The summed E-state index contributed by atoms with van der Waals surface area (Å²) in [5.74, 6) is -0.205. The third-order valence-electron chi connectivity index (χ3n) is 6.71. The molecule has 160 valence electrons. The van der Waals surface area contributed by atoms with Crippen LogP contribution in [0.3, 0.4) is 0 Å². The highest BCUT2D eigenvalue weighted by atomic mass is 35.5. The molecule has 1 saturated heterocycles. The number of rotatable bonds is 5. The number of carboxylic acids is 1. The highest BCUT2D eigenvalue weighted by molar-refractivity contribution is 5.94. The summed E-state index contributed by atoms with van der Waals surface area (Å²) in [5.41, 5.74) is 3.80. The second kappa shape index (κ2) is 9.81. The molecule has 6 nitrogen and oxygen atoms in total. The SMILES string of the molecule is Cl.O=C(O)CC[C@H]1CC[C@H](N2CCN(c3ccc4c(c3)CCNCC4)C2=O)CC1. The minimum Gasteiger partial charge on any atom is -0.481 e. The molecule has 0 radical (unpaired) electrons. The summed E-state index contributed by atoms with van der Waals surface area (Å²) >= 11 is 0. The Bertz CT molecular complexity index is 734. The molecule has 2 amide bonds. The molecule has 2 N–H and O–H groups in total. The number of amides is 2. The number of anilines is 1. The van der Waals surface area contributed by atoms with E-state index < -0.39 is 5.97 Å². The van der Waals surface area contributed by atoms with E-state index in [1.807, 2.05) is 4.90 Å². The summed E-state index contributed by atoms with van der Waals surface area (Å²) in [7, 11) is 0. The molecular weight excluding hydrogens is 390 g/mol. The van der Waals surface area contributed by atoms with Gasteiger partial charge in [-0.25, -0.2) is 4.79 Å². The third-order valence-corrected chi connectivity index (χ3v) is 6.71. The third kappa shape index (κ3) is 5.04. The van der Waals surface area contributed by atoms with Gasteiger partial charge in [0, 0.05) is 31.2 Å². The van der Waals surface area contributed by atoms with Crippen LogP contribution in [0.15, 0.2) is 18.2 Å². The number of hydrogen-bond acceptors (Lipinski definition) is 3. The van der Waals surface area contributed by atoms with Gasteiger partial charge in [-0.1, -0.05) is 6.07 Å². The van der Waals surface area contributed by atoms with Gasteiger partial charge >= 0.3 is 12.0 Å². The highest BCUT2D eigenvalue weighted by Crippen LogP contribution is 2.33. The maximum Gasteiger partial charge on any atom is 0.324 e. The molecule has 7 heteroatoms. The lowest BCUT2D eigenvalue weighted by molar-refractivity contribution is -0.137. The molecule has 0 atom stereocenters. The number of hydrogen-bond donors (Lipinski definition) is 2. The van der Waals surface area contributed by atoms with Crippen molar-refractivity contribution in [1.82, 2.24) is 10.2 Å². The molecular formula is C22H32ClN3O3. The van der Waals surface area contributed by atoms with Crippen LogP contribution in [0.4, 0.5) is 10.5 Å². The summed E-state index contributed by atoms with van der Waals surface area (Å²) in [6.45, 7) is 3.58. The van der Waals surface area contributed by atoms with E-state index in [0.29, 0.717) is 12.0 Å². The molecule has 0 bridgehead atoms. The summed E-state index contributed by atoms with van der Waals surface area (Å²) in [6.07, 6.45) is 7.18. The zero-order valence-corrected chi connectivity index (χ0v) is 17.8. The predicted octanol–water partition coefficient (Wildman–Crippen LogP) is 3.46. The Morgan fingerprint density at radius 1 is 1.07 bits per heavy atom. The van der Waals surface area contributed by atoms with E-state index in [1.165, 1.54) is 11.1 Å². The van der Waals surface area contributed by atoms with E-state index in [4.69, 9.17) is 5.11 Å². The van der Waals surface area contributed by atoms with Crippen molar-refractivity contribution in [3.8, 4) is 0 Å². The van der Waals surface area contributed by atoms with Gasteiger partial charge in [-0.2, -0.15) is 0 Å². The Morgan fingerprint density at radius 3 is 2.52 bits per heavy atom. The number of halogens is 1. The molecule has 4 rings (SSSR count). The van der Waals surface area contributed by atoms with Gasteiger partial charge in [0.15, 0.2) is 0 Å². The highest BCUT2D eigenvalue weighted by Gasteiger charge is 2.36. The van der Waals surface area contributed by atoms with Gasteiger partial charge in [0.2, 0.25) is 0 Å². The largest absolute Gasteiger partial charge is 0.481 e. The van der Waals surface area contributed by atoms with E-state index in [2.05, 4.69) is 28.4 Å². The quantitative estimate of drug-likeness (QED) is 0.763. The first kappa shape index (κ1) is 21.9. The first-order valence-corrected chi connectivity index (χ1v) is 10.7. The number of nitrogens with one attached hydrogen (secondary N) is 1. The van der Waals surface area contributed by atoms with Crippen molar-refractivity contribution in [2.75, 3.05) is 31.1 Å². The Hall–Kier alpha value is -1.79. The smallest absolute Gasteiger partial charge is 0.324 e. The number of carbonyl (C=O) groups is 2. The van der Waals surface area contributed by atoms with Crippen molar-refractivity contribution < 1.29 is 14.7 Å². The van der Waals surface area contributed by atoms with Crippen LogP contribution in [0.5, 0.6) is 0 Å². The molecule has 2 aliphatic heterocycles. The Kier molecular flexibility index (Phi) is 7.41. The molecule has 1 aromatic carbocycles. The van der Waals surface area contributed by atoms with Crippen LogP contribution in [-0.4, -0.2) is 54.2 Å². The fourth-order valence-electron chi connectivity index (χ4n) is 5.03. The van der Waals surface area contributed by atoms with Gasteiger partial charge in [-0.15, -0.1) is 12.4 Å². The minimum absolute atomic E-state index is 0. The maximum absolute atomic E-state index is 13.1. The number of carboxylic acid groups (broad SMARTS) is 1. The van der Waals surface area contributed by atoms with Crippen molar-refractivity contribution in [3.05, 3.63) is 29.3 Å². The number of benzene rings is 1. The minimum atomic E-state index is -0.705. The van der Waals surface area contributed by atoms with E-state index >= 15 is 0 Å². The van der Waals surface area contributed by atoms with E-state index in [-0.39, 0.29) is 24.9 Å². The summed E-state index contributed by atoms with van der Waals surface area (Å²) < 4.78 is 0. The molecule has 1 aliphatic carbocycles. The molecule has 0 unspecified atom stereocenters. The molecule has 1 saturated carbocycles. The molecule has 2 heterocycles. The monoisotopic (exact) mass is 421 g/mol. The lowest BCUT2D eigenvalue weighted by Gasteiger charge is -2.34. The van der Waals surface area contributed by atoms with Gasteiger partial charge < -0.3 is 15.3 Å². The fraction of sp³-hybridized carbons (Fsp3) is 0.636. The molecule has 29 heavy (non-hydrogen) atoms. The van der Waals surface area contributed by atoms with Gasteiger partial charge in [-0.05, 0) is 87.2 Å². The van der Waals surface area contributed by atoms with E-state index in [9.17, 15) is 9.59 Å². The van der Waals surface area contributed by atoms with Crippen LogP contribution in [0.25, 0.3) is 0 Å². The number of nitrogens with zero attached hydrogens (tertiary/aromatic N) is 2. The van der Waals surface area contributed by atoms with Crippen molar-refractivity contribution in [2.45, 2.75) is 57.4 Å². The summed E-state index contributed by atoms with van der Waals surface area (Å²) in [6, 6.07) is 6.96. The molecule has 2 fully saturated rings. The average Bonchev–Trinajstić information content (AvgIpc) is 2.93. The van der Waals surface area contributed by atoms with Crippen LogP contribution in [-0.2, 0) is 17.6 Å². The van der Waals surface area contributed by atoms with Crippen molar-refractivity contribution in [3.63, 3.8) is 0 Å². The van der Waals surface area contributed by atoms with Crippen LogP contribution < -0.4 is 10.2 Å². The number of aliphatic carboxylic acids is 1. The van der Waals surface area contributed by atoms with Crippen molar-refractivity contribution in [2.24, 2.45) is 5.92 Å². The Labute approximate surface area is 179 Å². The van der Waals surface area contributed by atoms with Gasteiger partial charge in [0.25, 0.3) is 0 Å². The van der Waals surface area contributed by atoms with Crippen LogP contribution >= 0.6 is 12.4 Å². The fourth-order valence-corrected chi connectivity index (χ4v) is 5.03. The first-order chi connectivity index (χ1) is 13.6. The number of fused-ring (bicyclic) bond motifs is 1. The lowest BCUT2D eigenvalue weighted by Crippen LogP contribution is -2.41. The van der Waals surface area contributed by atoms with Gasteiger partial charge in [-0.3, -0.25) is 9.69 Å². The molecule has 3 aliphatic rings. The second-order valence-corrected chi connectivity index (χ2v) is 8.44. The maximum atomic E-state index is 13.1. The van der Waals surface area contributed by atoms with Crippen molar-refractivity contribution >= 4 is 30.1 Å². The predicted molar refractivity (Wildman–Crippen MR) is 116 cm³/mol. The van der Waals surface area contributed by atoms with E-state index in [1.54, 1.807) is 0 Å². The Morgan fingerprint density at radius 2 is 1.79 bits per heavy atom. The van der Waals surface area contributed by atoms with Gasteiger partial charge in [0.1, 0.15) is 0 Å². The zero-order valence-electron chi connectivity index (χ0n) is 16.9. The molecule has 0 spiro atoms. The Balaban J connectivity index is 0.00000240. The molecule has 1 aromatic rings. The topological polar surface area (TPSA) is 72.9 Å². The van der Waals surface area contributed by atoms with Crippen molar-refractivity contribution in [1.29, 1.82) is 0 Å². The number of urea groups is 1. The molecule has 0 aromatic heterocycles. The average molecular weight is 422 g/mol. The second-order valence-electron chi connectivity index (χ2n) is 8.44. The van der Waals surface area contributed by atoms with Gasteiger partial charge in [0.05, 0.1) is 0 Å². The van der Waals surface area contributed by atoms with Crippen LogP contribution in [0, 0.1) is 5.92 Å². The summed E-state index contributed by atoms with van der Waals surface area (Å²) in [4.78, 5) is 27.9. The standard InChI is InChI=1S/C22H31N3O3.ClH/c26-21(27)8-3-16-1-5-19(6-2-16)24-13-14-25(22(24)28)20-7-4-17-9-11-23-12-10-18(17)15-20;/h4,7,15-16,19,23H,1-3,5-6,8-14H2,(H,26,27);1H/t16-,19-;. The van der Waals surface area contributed by atoms with E-state index in [0.717, 1.165) is 76.8 Å². The summed E-state index contributed by atoms with van der Waals surface area (Å²) in [5, 5.41) is 12.3. The first-order valence-electron chi connectivity index (χ1n) is 10.7. The normalized spacial score (nSPS) is 24.6. The lowest BCUT2D eigenvalue weighted by atomic mass is 9.83.